The Balaban J connectivity index is 2.35. The molecule has 0 atom stereocenters. The fraction of sp³-hybridized carbons (Fsp3) is 0.200. The van der Waals surface area contributed by atoms with E-state index in [2.05, 4.69) is 0 Å². The van der Waals surface area contributed by atoms with Crippen LogP contribution in [0.15, 0.2) is 48.5 Å². The first-order chi connectivity index (χ1) is 8.94. The van der Waals surface area contributed by atoms with Crippen LogP contribution < -0.4 is 0 Å². The summed E-state index contributed by atoms with van der Waals surface area (Å²) in [5.41, 5.74) is -0.679. The minimum absolute atomic E-state index is 0.0948. The monoisotopic (exact) mass is 266 g/mol. The van der Waals surface area contributed by atoms with Gasteiger partial charge in [-0.1, -0.05) is 48.5 Å². The number of hydrogen-bond donors (Lipinski definition) is 0. The van der Waals surface area contributed by atoms with Crippen LogP contribution in [-0.2, 0) is 18.3 Å². The smallest absolute Gasteiger partial charge is 0.194 e. The third-order valence-electron chi connectivity index (χ3n) is 3.49. The molecule has 0 aromatic heterocycles. The Morgan fingerprint density at radius 1 is 0.632 bits per heavy atom. The van der Waals surface area contributed by atoms with Crippen molar-refractivity contribution < 1.29 is 17.6 Å². The zero-order valence-corrected chi connectivity index (χ0v) is 9.84. The largest absolute Gasteiger partial charge is 0.340 e. The molecule has 3 rings (SSSR count). The molecule has 0 N–H and O–H groups in total. The number of alkyl halides is 4. The minimum atomic E-state index is -4.20. The fourth-order valence-electron chi connectivity index (χ4n) is 2.50. The lowest BCUT2D eigenvalue weighted by molar-refractivity contribution is -0.223. The fourth-order valence-corrected chi connectivity index (χ4v) is 2.50. The van der Waals surface area contributed by atoms with Gasteiger partial charge >= 0.3 is 11.8 Å². The Labute approximate surface area is 107 Å². The Bertz CT molecular complexity index is 576. The molecule has 0 fully saturated rings. The maximum absolute atomic E-state index is 14.2. The van der Waals surface area contributed by atoms with Crippen LogP contribution in [0, 0.1) is 0 Å². The van der Waals surface area contributed by atoms with E-state index < -0.39 is 23.0 Å². The summed E-state index contributed by atoms with van der Waals surface area (Å²) in [7, 11) is 0. The molecule has 98 valence electrons. The standard InChI is InChI=1S/C15H10F4/c16-14(17)12-7-3-1-5-10(12)9-11-6-2-4-8-13(11)15(14,18)19/h1-8H,9H2. The molecule has 0 unspecified atom stereocenters. The molecule has 4 heteroatoms. The normalized spacial score (nSPS) is 19.2. The maximum Gasteiger partial charge on any atom is 0.340 e. The lowest BCUT2D eigenvalue weighted by atomic mass is 9.96. The number of halogens is 4. The summed E-state index contributed by atoms with van der Waals surface area (Å²) < 4.78 is 56.7. The van der Waals surface area contributed by atoms with Gasteiger partial charge in [-0.2, -0.15) is 17.6 Å². The van der Waals surface area contributed by atoms with Gasteiger partial charge in [0, 0.05) is 11.1 Å². The summed E-state index contributed by atoms with van der Waals surface area (Å²) in [6.45, 7) is 0. The molecule has 0 amide bonds. The molecule has 0 heterocycles. The van der Waals surface area contributed by atoms with Gasteiger partial charge in [0.05, 0.1) is 0 Å². The van der Waals surface area contributed by atoms with E-state index in [1.807, 2.05) is 0 Å². The zero-order chi connectivity index (χ0) is 13.7. The van der Waals surface area contributed by atoms with Gasteiger partial charge in [0.25, 0.3) is 0 Å². The summed E-state index contributed by atoms with van der Waals surface area (Å²) in [6.07, 6.45) is 0.0948. The van der Waals surface area contributed by atoms with Crippen molar-refractivity contribution in [2.45, 2.75) is 18.3 Å². The second-order valence-corrected chi connectivity index (χ2v) is 4.64. The third kappa shape index (κ3) is 1.59. The second kappa shape index (κ2) is 3.83. The van der Waals surface area contributed by atoms with Crippen molar-refractivity contribution in [1.82, 2.24) is 0 Å². The highest BCUT2D eigenvalue weighted by Crippen LogP contribution is 2.53. The average molecular weight is 266 g/mol. The van der Waals surface area contributed by atoms with Crippen molar-refractivity contribution in [2.24, 2.45) is 0 Å². The molecule has 2 aromatic carbocycles. The van der Waals surface area contributed by atoms with Gasteiger partial charge in [-0.3, -0.25) is 0 Å². The van der Waals surface area contributed by atoms with Crippen LogP contribution in [0.4, 0.5) is 17.6 Å². The van der Waals surface area contributed by atoms with Crippen molar-refractivity contribution in [2.75, 3.05) is 0 Å². The van der Waals surface area contributed by atoms with Gasteiger partial charge in [-0.15, -0.1) is 0 Å². The lowest BCUT2D eigenvalue weighted by Crippen LogP contribution is -2.35. The second-order valence-electron chi connectivity index (χ2n) is 4.64. The number of hydrogen-bond acceptors (Lipinski definition) is 0. The highest BCUT2D eigenvalue weighted by Gasteiger charge is 2.60. The molecule has 0 saturated carbocycles. The van der Waals surface area contributed by atoms with Crippen LogP contribution in [0.3, 0.4) is 0 Å². The summed E-state index contributed by atoms with van der Waals surface area (Å²) in [4.78, 5) is 0. The predicted molar refractivity (Wildman–Crippen MR) is 63.5 cm³/mol. The van der Waals surface area contributed by atoms with Crippen molar-refractivity contribution in [1.29, 1.82) is 0 Å². The Hall–Kier alpha value is -1.84. The molecule has 0 bridgehead atoms. The quantitative estimate of drug-likeness (QED) is 0.617. The van der Waals surface area contributed by atoms with Gasteiger partial charge in [-0.05, 0) is 17.5 Å². The Morgan fingerprint density at radius 2 is 1.00 bits per heavy atom. The van der Waals surface area contributed by atoms with Crippen molar-refractivity contribution in [3.63, 3.8) is 0 Å². The summed E-state index contributed by atoms with van der Waals surface area (Å²) >= 11 is 0. The van der Waals surface area contributed by atoms with Gasteiger partial charge < -0.3 is 0 Å². The van der Waals surface area contributed by atoms with E-state index in [0.717, 1.165) is 12.1 Å². The van der Waals surface area contributed by atoms with Crippen molar-refractivity contribution >= 4 is 0 Å². The van der Waals surface area contributed by atoms with E-state index in [4.69, 9.17) is 0 Å². The zero-order valence-electron chi connectivity index (χ0n) is 9.84. The van der Waals surface area contributed by atoms with Gasteiger partial charge in [0.1, 0.15) is 0 Å². The number of rotatable bonds is 0. The van der Waals surface area contributed by atoms with E-state index in [0.29, 0.717) is 0 Å². The first kappa shape index (κ1) is 12.2. The molecule has 0 radical (unpaired) electrons. The number of benzene rings is 2. The number of fused-ring (bicyclic) bond motifs is 2. The van der Waals surface area contributed by atoms with Crippen LogP contribution in [0.1, 0.15) is 22.3 Å². The molecule has 1 aliphatic carbocycles. The van der Waals surface area contributed by atoms with E-state index in [1.54, 1.807) is 12.1 Å². The molecule has 1 aliphatic rings. The molecule has 0 saturated heterocycles. The van der Waals surface area contributed by atoms with Crippen LogP contribution in [0.5, 0.6) is 0 Å². The van der Waals surface area contributed by atoms with Crippen molar-refractivity contribution in [3.8, 4) is 0 Å². The van der Waals surface area contributed by atoms with E-state index in [-0.39, 0.29) is 17.5 Å². The topological polar surface area (TPSA) is 0 Å². The molecule has 0 spiro atoms. The van der Waals surface area contributed by atoms with E-state index >= 15 is 0 Å². The molecular weight excluding hydrogens is 256 g/mol. The molecular formula is C15H10F4. The van der Waals surface area contributed by atoms with Crippen LogP contribution >= 0.6 is 0 Å². The minimum Gasteiger partial charge on any atom is -0.194 e. The average Bonchev–Trinajstić information content (AvgIpc) is 2.45. The van der Waals surface area contributed by atoms with Crippen LogP contribution in [0.25, 0.3) is 0 Å². The van der Waals surface area contributed by atoms with Crippen molar-refractivity contribution in [3.05, 3.63) is 70.8 Å². The third-order valence-corrected chi connectivity index (χ3v) is 3.49. The first-order valence-electron chi connectivity index (χ1n) is 5.87. The van der Waals surface area contributed by atoms with Crippen LogP contribution in [0.2, 0.25) is 0 Å². The highest BCUT2D eigenvalue weighted by molar-refractivity contribution is 5.45. The first-order valence-corrected chi connectivity index (χ1v) is 5.87. The van der Waals surface area contributed by atoms with Gasteiger partial charge in [0.2, 0.25) is 0 Å². The molecule has 0 nitrogen and oxygen atoms in total. The van der Waals surface area contributed by atoms with Gasteiger partial charge in [-0.25, -0.2) is 0 Å². The summed E-state index contributed by atoms with van der Waals surface area (Å²) in [5, 5.41) is 0. The predicted octanol–water partition coefficient (Wildman–Crippen LogP) is 4.47. The Morgan fingerprint density at radius 3 is 1.42 bits per heavy atom. The molecule has 2 aromatic rings. The highest BCUT2D eigenvalue weighted by atomic mass is 19.3. The Kier molecular flexibility index (Phi) is 2.46. The van der Waals surface area contributed by atoms with Crippen LogP contribution in [-0.4, -0.2) is 0 Å². The lowest BCUT2D eigenvalue weighted by Gasteiger charge is -2.27. The summed E-state index contributed by atoms with van der Waals surface area (Å²) in [5.74, 6) is -8.40. The SMILES string of the molecule is FC1(F)c2ccccc2Cc2ccccc2C1(F)F. The van der Waals surface area contributed by atoms with E-state index in [1.165, 1.54) is 24.3 Å². The summed E-state index contributed by atoms with van der Waals surface area (Å²) in [6, 6.07) is 11.0. The molecule has 19 heavy (non-hydrogen) atoms. The van der Waals surface area contributed by atoms with E-state index in [9.17, 15) is 17.6 Å². The maximum atomic E-state index is 14.2. The molecule has 0 aliphatic heterocycles. The van der Waals surface area contributed by atoms with Gasteiger partial charge in [0.15, 0.2) is 0 Å².